The largest absolute Gasteiger partial charge is 0.480 e. The molecule has 0 unspecified atom stereocenters. The SMILES string of the molecule is CC(C)C[C@@H](C(=O)O)n1cc(CC=O)nc(C(C)C)c1=O. The highest BCUT2D eigenvalue weighted by molar-refractivity contribution is 5.71. The van der Waals surface area contributed by atoms with Gasteiger partial charge in [0.1, 0.15) is 18.0 Å². The van der Waals surface area contributed by atoms with Gasteiger partial charge in [-0.15, -0.1) is 0 Å². The number of hydrogen-bond donors (Lipinski definition) is 1. The van der Waals surface area contributed by atoms with Gasteiger partial charge in [0.25, 0.3) is 5.56 Å². The van der Waals surface area contributed by atoms with Gasteiger partial charge in [0.05, 0.1) is 5.69 Å². The Morgan fingerprint density at radius 3 is 2.43 bits per heavy atom. The van der Waals surface area contributed by atoms with E-state index in [1.165, 1.54) is 10.8 Å². The van der Waals surface area contributed by atoms with Crippen LogP contribution < -0.4 is 5.56 Å². The summed E-state index contributed by atoms with van der Waals surface area (Å²) in [6.45, 7) is 7.43. The van der Waals surface area contributed by atoms with Gasteiger partial charge in [0.15, 0.2) is 0 Å². The number of aromatic nitrogens is 2. The fourth-order valence-electron chi connectivity index (χ4n) is 2.15. The average Bonchev–Trinajstić information content (AvgIpc) is 2.37. The first-order chi connectivity index (χ1) is 9.77. The van der Waals surface area contributed by atoms with E-state index in [0.29, 0.717) is 24.1 Å². The highest BCUT2D eigenvalue weighted by Gasteiger charge is 2.24. The average molecular weight is 294 g/mol. The molecule has 0 aliphatic rings. The van der Waals surface area contributed by atoms with Crippen LogP contribution in [-0.4, -0.2) is 26.9 Å². The van der Waals surface area contributed by atoms with E-state index in [4.69, 9.17) is 0 Å². The van der Waals surface area contributed by atoms with Crippen molar-refractivity contribution in [2.75, 3.05) is 0 Å². The van der Waals surface area contributed by atoms with Crippen molar-refractivity contribution >= 4 is 12.3 Å². The van der Waals surface area contributed by atoms with E-state index in [9.17, 15) is 19.5 Å². The standard InChI is InChI=1S/C15H22N2O4/c1-9(2)7-12(15(20)21)17-8-11(5-6-18)16-13(10(3)4)14(17)19/h6,8-10,12H,5,7H2,1-4H3,(H,20,21)/t12-/m0/s1. The van der Waals surface area contributed by atoms with Crippen molar-refractivity contribution in [1.29, 1.82) is 0 Å². The molecule has 0 radical (unpaired) electrons. The lowest BCUT2D eigenvalue weighted by molar-refractivity contribution is -0.141. The van der Waals surface area contributed by atoms with Crippen LogP contribution in [0.25, 0.3) is 0 Å². The fourth-order valence-corrected chi connectivity index (χ4v) is 2.15. The molecule has 6 heteroatoms. The van der Waals surface area contributed by atoms with Crippen molar-refractivity contribution in [2.45, 2.75) is 52.5 Å². The first kappa shape index (κ1) is 17.1. The maximum Gasteiger partial charge on any atom is 0.326 e. The van der Waals surface area contributed by atoms with Crippen LogP contribution in [0.3, 0.4) is 0 Å². The van der Waals surface area contributed by atoms with E-state index in [2.05, 4.69) is 4.98 Å². The van der Waals surface area contributed by atoms with Crippen LogP contribution in [0, 0.1) is 5.92 Å². The third kappa shape index (κ3) is 4.24. The van der Waals surface area contributed by atoms with Gasteiger partial charge in [-0.3, -0.25) is 9.36 Å². The Morgan fingerprint density at radius 2 is 2.00 bits per heavy atom. The number of aldehydes is 1. The number of carbonyl (C=O) groups is 2. The monoisotopic (exact) mass is 294 g/mol. The van der Waals surface area contributed by atoms with E-state index in [0.717, 1.165) is 0 Å². The van der Waals surface area contributed by atoms with Crippen molar-refractivity contribution in [1.82, 2.24) is 9.55 Å². The van der Waals surface area contributed by atoms with Crippen molar-refractivity contribution in [3.05, 3.63) is 27.9 Å². The molecule has 0 amide bonds. The summed E-state index contributed by atoms with van der Waals surface area (Å²) in [5.74, 6) is -1.06. The molecule has 0 fully saturated rings. The highest BCUT2D eigenvalue weighted by atomic mass is 16.4. The summed E-state index contributed by atoms with van der Waals surface area (Å²) in [5, 5.41) is 9.40. The van der Waals surface area contributed by atoms with Crippen molar-refractivity contribution < 1.29 is 14.7 Å². The molecule has 0 aliphatic carbocycles. The van der Waals surface area contributed by atoms with E-state index < -0.39 is 17.6 Å². The second-order valence-electron chi connectivity index (χ2n) is 5.84. The van der Waals surface area contributed by atoms with Crippen molar-refractivity contribution in [2.24, 2.45) is 5.92 Å². The van der Waals surface area contributed by atoms with E-state index in [1.807, 2.05) is 27.7 Å². The maximum atomic E-state index is 12.4. The van der Waals surface area contributed by atoms with E-state index in [1.54, 1.807) is 0 Å². The Hall–Kier alpha value is -1.98. The number of rotatable bonds is 7. The Kier molecular flexibility index (Phi) is 5.81. The molecule has 1 atom stereocenters. The Labute approximate surface area is 123 Å². The predicted octanol–water partition coefficient (Wildman–Crippen LogP) is 1.78. The zero-order valence-corrected chi connectivity index (χ0v) is 12.9. The number of hydrogen-bond acceptors (Lipinski definition) is 4. The van der Waals surface area contributed by atoms with E-state index >= 15 is 0 Å². The van der Waals surface area contributed by atoms with Gasteiger partial charge in [-0.2, -0.15) is 0 Å². The highest BCUT2D eigenvalue weighted by Crippen LogP contribution is 2.18. The number of aliphatic carboxylic acids is 1. The fraction of sp³-hybridized carbons (Fsp3) is 0.600. The molecule has 1 aromatic rings. The molecule has 0 aromatic carbocycles. The van der Waals surface area contributed by atoms with Crippen LogP contribution in [0.4, 0.5) is 0 Å². The lowest BCUT2D eigenvalue weighted by Gasteiger charge is -2.20. The lowest BCUT2D eigenvalue weighted by Crippen LogP contribution is -2.34. The maximum absolute atomic E-state index is 12.4. The minimum atomic E-state index is -1.05. The quantitative estimate of drug-likeness (QED) is 0.774. The Morgan fingerprint density at radius 1 is 1.38 bits per heavy atom. The molecule has 21 heavy (non-hydrogen) atoms. The van der Waals surface area contributed by atoms with Crippen molar-refractivity contribution in [3.63, 3.8) is 0 Å². The second kappa shape index (κ2) is 7.15. The van der Waals surface area contributed by atoms with Crippen LogP contribution in [-0.2, 0) is 16.0 Å². The number of nitrogens with zero attached hydrogens (tertiary/aromatic N) is 2. The summed E-state index contributed by atoms with van der Waals surface area (Å²) in [7, 11) is 0. The van der Waals surface area contributed by atoms with Gasteiger partial charge in [-0.25, -0.2) is 9.78 Å². The Bertz CT molecular complexity index is 576. The van der Waals surface area contributed by atoms with Crippen LogP contribution in [0.15, 0.2) is 11.0 Å². The molecular weight excluding hydrogens is 272 g/mol. The van der Waals surface area contributed by atoms with Crippen LogP contribution in [0.1, 0.15) is 57.5 Å². The smallest absolute Gasteiger partial charge is 0.326 e. The van der Waals surface area contributed by atoms with Gasteiger partial charge in [0.2, 0.25) is 0 Å². The molecule has 0 bridgehead atoms. The molecule has 0 saturated heterocycles. The molecular formula is C15H22N2O4. The summed E-state index contributed by atoms with van der Waals surface area (Å²) < 4.78 is 1.21. The first-order valence-corrected chi connectivity index (χ1v) is 7.06. The summed E-state index contributed by atoms with van der Waals surface area (Å²) in [5.41, 5.74) is 0.320. The molecule has 0 spiro atoms. The molecule has 1 N–H and O–H groups in total. The summed E-state index contributed by atoms with van der Waals surface area (Å²) in [6.07, 6.45) is 2.49. The van der Waals surface area contributed by atoms with Crippen molar-refractivity contribution in [3.8, 4) is 0 Å². The van der Waals surface area contributed by atoms with Crippen LogP contribution >= 0.6 is 0 Å². The van der Waals surface area contributed by atoms with Gasteiger partial charge < -0.3 is 9.90 Å². The van der Waals surface area contributed by atoms with Crippen LogP contribution in [0.5, 0.6) is 0 Å². The normalized spacial score (nSPS) is 12.7. The van der Waals surface area contributed by atoms with Crippen LogP contribution in [0.2, 0.25) is 0 Å². The minimum absolute atomic E-state index is 0.0635. The van der Waals surface area contributed by atoms with Gasteiger partial charge >= 0.3 is 5.97 Å². The van der Waals surface area contributed by atoms with Gasteiger partial charge in [-0.1, -0.05) is 27.7 Å². The van der Waals surface area contributed by atoms with Gasteiger partial charge in [0, 0.05) is 18.5 Å². The third-order valence-electron chi connectivity index (χ3n) is 3.16. The molecule has 0 aliphatic heterocycles. The summed E-state index contributed by atoms with van der Waals surface area (Å²) in [4.78, 5) is 38.8. The molecule has 0 saturated carbocycles. The summed E-state index contributed by atoms with van der Waals surface area (Å²) in [6, 6.07) is -0.941. The predicted molar refractivity (Wildman–Crippen MR) is 78.5 cm³/mol. The third-order valence-corrected chi connectivity index (χ3v) is 3.16. The first-order valence-electron chi connectivity index (χ1n) is 7.06. The lowest BCUT2D eigenvalue weighted by atomic mass is 10.0. The topological polar surface area (TPSA) is 89.3 Å². The zero-order valence-electron chi connectivity index (χ0n) is 12.9. The minimum Gasteiger partial charge on any atom is -0.480 e. The molecule has 1 aromatic heterocycles. The molecule has 6 nitrogen and oxygen atoms in total. The molecule has 1 heterocycles. The second-order valence-corrected chi connectivity index (χ2v) is 5.84. The Balaban J connectivity index is 3.46. The summed E-state index contributed by atoms with van der Waals surface area (Å²) >= 11 is 0. The number of carboxylic acid groups (broad SMARTS) is 1. The number of carbonyl (C=O) groups excluding carboxylic acids is 1. The van der Waals surface area contributed by atoms with Gasteiger partial charge in [-0.05, 0) is 12.3 Å². The number of carboxylic acids is 1. The molecule has 1 rings (SSSR count). The zero-order chi connectivity index (χ0) is 16.2. The molecule has 116 valence electrons. The van der Waals surface area contributed by atoms with E-state index in [-0.39, 0.29) is 18.3 Å².